The highest BCUT2D eigenvalue weighted by atomic mass is 32.2. The SMILES string of the molecule is CCOCCCn1c(SCc2csc(-c3cccc(OC)c3)n2)nc2ccccc2c1=O. The summed E-state index contributed by atoms with van der Waals surface area (Å²) in [6.07, 6.45) is 0.762. The number of thioether (sulfide) groups is 1. The predicted molar refractivity (Wildman–Crippen MR) is 131 cm³/mol. The molecule has 4 rings (SSSR count). The van der Waals surface area contributed by atoms with E-state index in [9.17, 15) is 4.79 Å². The maximum atomic E-state index is 13.1. The smallest absolute Gasteiger partial charge is 0.262 e. The summed E-state index contributed by atoms with van der Waals surface area (Å²) in [5, 5.41) is 4.35. The second-order valence-electron chi connectivity index (χ2n) is 7.08. The first kappa shape index (κ1) is 22.5. The number of rotatable bonds is 10. The lowest BCUT2D eigenvalue weighted by atomic mass is 10.2. The monoisotopic (exact) mass is 467 g/mol. The molecule has 0 aliphatic heterocycles. The molecular weight excluding hydrogens is 442 g/mol. The molecule has 0 amide bonds. The average molecular weight is 468 g/mol. The van der Waals surface area contributed by atoms with Crippen LogP contribution >= 0.6 is 23.1 Å². The highest BCUT2D eigenvalue weighted by molar-refractivity contribution is 7.98. The number of hydrogen-bond donors (Lipinski definition) is 0. The minimum absolute atomic E-state index is 0.00931. The summed E-state index contributed by atoms with van der Waals surface area (Å²) >= 11 is 3.14. The number of methoxy groups -OCH3 is 1. The fourth-order valence-electron chi connectivity index (χ4n) is 3.32. The van der Waals surface area contributed by atoms with Crippen LogP contribution in [-0.4, -0.2) is 34.9 Å². The Bertz CT molecular complexity index is 1250. The third kappa shape index (κ3) is 5.20. The van der Waals surface area contributed by atoms with E-state index in [0.717, 1.165) is 34.0 Å². The van der Waals surface area contributed by atoms with E-state index in [4.69, 9.17) is 19.4 Å². The molecule has 0 unspecified atom stereocenters. The molecule has 0 bridgehead atoms. The molecule has 32 heavy (non-hydrogen) atoms. The molecule has 2 aromatic heterocycles. The van der Waals surface area contributed by atoms with Gasteiger partial charge in [-0.05, 0) is 37.6 Å². The van der Waals surface area contributed by atoms with Crippen molar-refractivity contribution < 1.29 is 9.47 Å². The fourth-order valence-corrected chi connectivity index (χ4v) is 5.16. The number of benzene rings is 2. The van der Waals surface area contributed by atoms with E-state index in [0.29, 0.717) is 36.1 Å². The fraction of sp³-hybridized carbons (Fsp3) is 0.292. The van der Waals surface area contributed by atoms with E-state index in [1.807, 2.05) is 55.5 Å². The van der Waals surface area contributed by atoms with Gasteiger partial charge in [-0.2, -0.15) is 0 Å². The summed E-state index contributed by atoms with van der Waals surface area (Å²) in [5.74, 6) is 1.45. The lowest BCUT2D eigenvalue weighted by Crippen LogP contribution is -2.24. The van der Waals surface area contributed by atoms with Crippen molar-refractivity contribution in [3.8, 4) is 16.3 Å². The normalized spacial score (nSPS) is 11.2. The highest BCUT2D eigenvalue weighted by Crippen LogP contribution is 2.29. The number of para-hydroxylation sites is 1. The molecule has 0 radical (unpaired) electrons. The molecular formula is C24H25N3O3S2. The Kier molecular flexibility index (Phi) is 7.57. The minimum atomic E-state index is -0.00931. The molecule has 2 aromatic carbocycles. The predicted octanol–water partition coefficient (Wildman–Crippen LogP) is 5.25. The van der Waals surface area contributed by atoms with E-state index in [1.165, 1.54) is 11.8 Å². The number of thiazole rings is 1. The molecule has 0 aliphatic rings. The van der Waals surface area contributed by atoms with Gasteiger partial charge in [0, 0.05) is 36.5 Å². The first-order valence-corrected chi connectivity index (χ1v) is 12.3. The summed E-state index contributed by atoms with van der Waals surface area (Å²) in [7, 11) is 1.66. The van der Waals surface area contributed by atoms with Crippen molar-refractivity contribution >= 4 is 34.0 Å². The van der Waals surface area contributed by atoms with E-state index in [-0.39, 0.29) is 5.56 Å². The second kappa shape index (κ2) is 10.8. The molecule has 6 nitrogen and oxygen atoms in total. The van der Waals surface area contributed by atoms with Crippen molar-refractivity contribution in [2.45, 2.75) is 30.8 Å². The molecule has 0 saturated carbocycles. The van der Waals surface area contributed by atoms with Crippen molar-refractivity contribution in [1.82, 2.24) is 14.5 Å². The van der Waals surface area contributed by atoms with Crippen LogP contribution in [0.25, 0.3) is 21.5 Å². The van der Waals surface area contributed by atoms with Crippen molar-refractivity contribution in [2.75, 3.05) is 20.3 Å². The lowest BCUT2D eigenvalue weighted by Gasteiger charge is -2.12. The van der Waals surface area contributed by atoms with Crippen LogP contribution < -0.4 is 10.3 Å². The Morgan fingerprint density at radius 1 is 1.12 bits per heavy atom. The summed E-state index contributed by atoms with van der Waals surface area (Å²) in [4.78, 5) is 22.7. The van der Waals surface area contributed by atoms with Crippen molar-refractivity contribution in [3.63, 3.8) is 0 Å². The van der Waals surface area contributed by atoms with Crippen LogP contribution in [0.2, 0.25) is 0 Å². The van der Waals surface area contributed by atoms with Crippen LogP contribution in [-0.2, 0) is 17.0 Å². The maximum Gasteiger partial charge on any atom is 0.262 e. The number of fused-ring (bicyclic) bond motifs is 1. The van der Waals surface area contributed by atoms with Gasteiger partial charge in [0.15, 0.2) is 5.16 Å². The zero-order chi connectivity index (χ0) is 22.3. The van der Waals surface area contributed by atoms with Gasteiger partial charge in [-0.3, -0.25) is 9.36 Å². The zero-order valence-corrected chi connectivity index (χ0v) is 19.7. The molecule has 0 atom stereocenters. The van der Waals surface area contributed by atoms with Gasteiger partial charge in [0.25, 0.3) is 5.56 Å². The molecule has 0 spiro atoms. The highest BCUT2D eigenvalue weighted by Gasteiger charge is 2.13. The summed E-state index contributed by atoms with van der Waals surface area (Å²) in [5.41, 5.74) is 2.70. The average Bonchev–Trinajstić information content (AvgIpc) is 3.31. The third-order valence-electron chi connectivity index (χ3n) is 4.92. The molecule has 166 valence electrons. The van der Waals surface area contributed by atoms with E-state index < -0.39 is 0 Å². The number of nitrogens with zero attached hydrogens (tertiary/aromatic N) is 3. The minimum Gasteiger partial charge on any atom is -0.497 e. The van der Waals surface area contributed by atoms with E-state index >= 15 is 0 Å². The van der Waals surface area contributed by atoms with Gasteiger partial charge in [0.05, 0.1) is 23.7 Å². The summed E-state index contributed by atoms with van der Waals surface area (Å²) in [6, 6.07) is 15.4. The van der Waals surface area contributed by atoms with Crippen LogP contribution in [0.5, 0.6) is 5.75 Å². The summed E-state index contributed by atoms with van der Waals surface area (Å²) in [6.45, 7) is 3.84. The molecule has 0 fully saturated rings. The van der Waals surface area contributed by atoms with E-state index in [1.54, 1.807) is 23.0 Å². The van der Waals surface area contributed by atoms with E-state index in [2.05, 4.69) is 5.38 Å². The van der Waals surface area contributed by atoms with Crippen LogP contribution in [0.1, 0.15) is 19.0 Å². The Morgan fingerprint density at radius 2 is 2.00 bits per heavy atom. The van der Waals surface area contributed by atoms with Gasteiger partial charge in [0.2, 0.25) is 0 Å². The van der Waals surface area contributed by atoms with Gasteiger partial charge >= 0.3 is 0 Å². The quantitative estimate of drug-likeness (QED) is 0.180. The van der Waals surface area contributed by atoms with Gasteiger partial charge in [-0.1, -0.05) is 36.0 Å². The molecule has 0 aliphatic carbocycles. The Hall–Kier alpha value is -2.68. The van der Waals surface area contributed by atoms with Gasteiger partial charge in [0.1, 0.15) is 10.8 Å². The first-order valence-electron chi connectivity index (χ1n) is 10.5. The van der Waals surface area contributed by atoms with Crippen LogP contribution in [0.3, 0.4) is 0 Å². The number of aromatic nitrogens is 3. The van der Waals surface area contributed by atoms with Gasteiger partial charge in [-0.25, -0.2) is 9.97 Å². The molecule has 8 heteroatoms. The zero-order valence-electron chi connectivity index (χ0n) is 18.1. The number of hydrogen-bond acceptors (Lipinski definition) is 7. The third-order valence-corrected chi connectivity index (χ3v) is 6.87. The molecule has 0 saturated heterocycles. The Morgan fingerprint density at radius 3 is 2.84 bits per heavy atom. The van der Waals surface area contributed by atoms with Crippen LogP contribution in [0.15, 0.2) is 63.9 Å². The molecule has 0 N–H and O–H groups in total. The van der Waals surface area contributed by atoms with Crippen molar-refractivity contribution in [3.05, 3.63) is 70.0 Å². The first-order chi connectivity index (χ1) is 15.7. The topological polar surface area (TPSA) is 66.2 Å². The van der Waals surface area contributed by atoms with Crippen LogP contribution in [0.4, 0.5) is 0 Å². The molecule has 2 heterocycles. The van der Waals surface area contributed by atoms with Gasteiger partial charge < -0.3 is 9.47 Å². The van der Waals surface area contributed by atoms with Crippen molar-refractivity contribution in [2.24, 2.45) is 0 Å². The van der Waals surface area contributed by atoms with Crippen molar-refractivity contribution in [1.29, 1.82) is 0 Å². The van der Waals surface area contributed by atoms with Gasteiger partial charge in [-0.15, -0.1) is 11.3 Å². The summed E-state index contributed by atoms with van der Waals surface area (Å²) < 4.78 is 12.5. The lowest BCUT2D eigenvalue weighted by molar-refractivity contribution is 0.140. The maximum absolute atomic E-state index is 13.1. The Labute approximate surface area is 195 Å². The van der Waals surface area contributed by atoms with Crippen LogP contribution in [0, 0.1) is 0 Å². The standard InChI is InChI=1S/C24H25N3O3S2/c1-3-30-13-7-12-27-23(28)20-10-4-5-11-21(20)26-24(27)32-16-18-15-31-22(25-18)17-8-6-9-19(14-17)29-2/h4-6,8-11,14-15H,3,7,12-13,16H2,1-2H3. The number of ether oxygens (including phenoxy) is 2. The second-order valence-corrected chi connectivity index (χ2v) is 8.88. The molecule has 4 aromatic rings. The Balaban J connectivity index is 1.55. The largest absolute Gasteiger partial charge is 0.497 e.